The fraction of sp³-hybridized carbons (Fsp3) is 0.143. The van der Waals surface area contributed by atoms with Gasteiger partial charge in [-0.05, 0) is 45.3 Å². The van der Waals surface area contributed by atoms with Gasteiger partial charge in [0.05, 0.1) is 10.5 Å². The van der Waals surface area contributed by atoms with Crippen molar-refractivity contribution < 1.29 is 19.7 Å². The zero-order valence-electron chi connectivity index (χ0n) is 15.1. The van der Waals surface area contributed by atoms with Crippen LogP contribution in [-0.2, 0) is 9.63 Å². The minimum atomic E-state index is -0.410. The number of non-ortho nitro benzene ring substituents is 1. The molecule has 0 fully saturated rings. The van der Waals surface area contributed by atoms with E-state index in [1.165, 1.54) is 12.1 Å². The van der Waals surface area contributed by atoms with Crippen LogP contribution in [0.25, 0.3) is 21.9 Å². The number of carbonyl (C=O) groups is 1. The highest BCUT2D eigenvalue weighted by Gasteiger charge is 2.14. The van der Waals surface area contributed by atoms with Gasteiger partial charge in [-0.25, -0.2) is 9.63 Å². The summed E-state index contributed by atoms with van der Waals surface area (Å²) >= 11 is 0. The molecule has 3 aromatic rings. The number of fused-ring (bicyclic) bond motifs is 1. The first-order valence-corrected chi connectivity index (χ1v) is 8.57. The predicted octanol–water partition coefficient (Wildman–Crippen LogP) is 3.17. The molecule has 0 saturated carbocycles. The number of benzene rings is 3. The second kappa shape index (κ2) is 7.78. The maximum Gasteiger partial charge on any atom is 0.379 e. The van der Waals surface area contributed by atoms with E-state index >= 15 is 0 Å². The lowest BCUT2D eigenvalue weighted by atomic mass is 9.93. The Kier molecular flexibility index (Phi) is 5.26. The fourth-order valence-electron chi connectivity index (χ4n) is 2.90. The Morgan fingerprint density at radius 2 is 1.70 bits per heavy atom. The Labute approximate surface area is 156 Å². The van der Waals surface area contributed by atoms with Crippen LogP contribution in [-0.4, -0.2) is 16.6 Å². The monoisotopic (exact) mass is 363 g/mol. The number of nitrogens with one attached hydrogen (secondary N) is 1. The molecule has 0 bridgehead atoms. The summed E-state index contributed by atoms with van der Waals surface area (Å²) in [6.07, 6.45) is 0.292. The van der Waals surface area contributed by atoms with Gasteiger partial charge in [0.15, 0.2) is 0 Å². The average molecular weight is 363 g/mol. The van der Waals surface area contributed by atoms with Crippen LogP contribution in [0.15, 0.2) is 60.7 Å². The lowest BCUT2D eigenvalue weighted by molar-refractivity contribution is -0.723. The molecule has 27 heavy (non-hydrogen) atoms. The smallest absolute Gasteiger partial charge is 0.258 e. The van der Waals surface area contributed by atoms with Crippen molar-refractivity contribution in [2.45, 2.75) is 20.3 Å². The fourth-order valence-corrected chi connectivity index (χ4v) is 2.90. The van der Waals surface area contributed by atoms with Crippen molar-refractivity contribution in [3.63, 3.8) is 0 Å². The second-order valence-electron chi connectivity index (χ2n) is 6.06. The van der Waals surface area contributed by atoms with E-state index in [2.05, 4.69) is 5.16 Å². The Bertz CT molecular complexity index is 1040. The normalized spacial score (nSPS) is 11.4. The van der Waals surface area contributed by atoms with Crippen LogP contribution in [0.2, 0.25) is 0 Å². The van der Waals surface area contributed by atoms with Gasteiger partial charge in [-0.15, -0.1) is 0 Å². The molecule has 0 spiro atoms. The quantitative estimate of drug-likeness (QED) is 0.327. The van der Waals surface area contributed by atoms with E-state index in [0.29, 0.717) is 6.42 Å². The van der Waals surface area contributed by atoms with Gasteiger partial charge in [0, 0.05) is 25.5 Å². The van der Waals surface area contributed by atoms with Crippen molar-refractivity contribution in [2.24, 2.45) is 0 Å². The summed E-state index contributed by atoms with van der Waals surface area (Å²) in [5.41, 5.74) is 3.57. The molecular weight excluding hydrogens is 344 g/mol. The van der Waals surface area contributed by atoms with Crippen LogP contribution in [0.1, 0.15) is 25.8 Å². The topological polar surface area (TPSA) is 83.4 Å². The largest absolute Gasteiger partial charge is 0.379 e. The molecule has 0 unspecified atom stereocenters. The third-order valence-corrected chi connectivity index (χ3v) is 4.32. The minimum absolute atomic E-state index is 0.0609. The van der Waals surface area contributed by atoms with Crippen molar-refractivity contribution in [3.8, 4) is 11.1 Å². The zero-order valence-corrected chi connectivity index (χ0v) is 15.1. The lowest BCUT2D eigenvalue weighted by Gasteiger charge is -2.09. The van der Waals surface area contributed by atoms with E-state index in [1.807, 2.05) is 43.3 Å². The number of nitrogens with zero attached hydrogens (tertiary/aromatic N) is 1. The maximum absolute atomic E-state index is 11.4. The molecule has 0 amide bonds. The van der Waals surface area contributed by atoms with Crippen molar-refractivity contribution >= 4 is 28.1 Å². The Morgan fingerprint density at radius 1 is 1.04 bits per heavy atom. The van der Waals surface area contributed by atoms with Crippen LogP contribution in [0, 0.1) is 10.1 Å². The Morgan fingerprint density at radius 3 is 2.33 bits per heavy atom. The molecule has 0 aliphatic rings. The van der Waals surface area contributed by atoms with Crippen molar-refractivity contribution in [1.29, 1.82) is 0 Å². The molecule has 0 heterocycles. The van der Waals surface area contributed by atoms with Crippen LogP contribution in [0.3, 0.4) is 0 Å². The first kappa shape index (κ1) is 18.3. The van der Waals surface area contributed by atoms with Crippen molar-refractivity contribution in [1.82, 2.24) is 0 Å². The third-order valence-electron chi connectivity index (χ3n) is 4.32. The molecule has 3 rings (SSSR count). The number of carbonyl (C=O) groups excluding carboxylic acids is 1. The molecule has 0 aromatic heterocycles. The molecule has 1 N–H and O–H groups in total. The van der Waals surface area contributed by atoms with Crippen LogP contribution in [0.4, 0.5) is 5.69 Å². The number of hydrogen-bond acceptors (Lipinski definition) is 4. The van der Waals surface area contributed by atoms with Crippen LogP contribution < -0.4 is 5.16 Å². The molecular formula is C21H19N2O4+. The van der Waals surface area contributed by atoms with E-state index in [4.69, 9.17) is 4.84 Å². The minimum Gasteiger partial charge on any atom is -0.258 e. The van der Waals surface area contributed by atoms with Crippen molar-refractivity contribution in [2.75, 3.05) is 0 Å². The van der Waals surface area contributed by atoms with Gasteiger partial charge in [0.25, 0.3) is 5.69 Å². The Hall–Kier alpha value is -3.54. The predicted molar refractivity (Wildman–Crippen MR) is 103 cm³/mol. The first-order valence-electron chi connectivity index (χ1n) is 8.57. The number of hydrogen-bond donors (Lipinski definition) is 1. The summed E-state index contributed by atoms with van der Waals surface area (Å²) in [6.45, 7) is 3.57. The lowest BCUT2D eigenvalue weighted by Crippen LogP contribution is -2.72. The Balaban J connectivity index is 2.08. The zero-order chi connectivity index (χ0) is 19.4. The van der Waals surface area contributed by atoms with Gasteiger partial charge >= 0.3 is 5.97 Å². The summed E-state index contributed by atoms with van der Waals surface area (Å²) in [7, 11) is 0. The molecule has 136 valence electrons. The summed E-state index contributed by atoms with van der Waals surface area (Å²) in [6, 6.07) is 18.3. The van der Waals surface area contributed by atoms with Gasteiger partial charge in [0.2, 0.25) is 5.71 Å². The summed E-state index contributed by atoms with van der Waals surface area (Å²) in [5, 5.41) is 15.6. The molecule has 0 atom stereocenters. The number of nitro benzene ring substituents is 1. The maximum atomic E-state index is 11.4. The van der Waals surface area contributed by atoms with E-state index in [1.54, 1.807) is 19.1 Å². The molecule has 6 heteroatoms. The van der Waals surface area contributed by atoms with E-state index in [0.717, 1.165) is 33.2 Å². The van der Waals surface area contributed by atoms with Gasteiger partial charge in [-0.2, -0.15) is 0 Å². The van der Waals surface area contributed by atoms with Crippen LogP contribution in [0.5, 0.6) is 0 Å². The first-order chi connectivity index (χ1) is 13.0. The van der Waals surface area contributed by atoms with Crippen LogP contribution >= 0.6 is 0 Å². The average Bonchev–Trinajstić information content (AvgIpc) is 2.71. The van der Waals surface area contributed by atoms with E-state index in [-0.39, 0.29) is 11.7 Å². The summed E-state index contributed by atoms with van der Waals surface area (Å²) in [4.78, 5) is 26.9. The highest BCUT2D eigenvalue weighted by Crippen LogP contribution is 2.31. The van der Waals surface area contributed by atoms with Crippen molar-refractivity contribution in [3.05, 3.63) is 76.3 Å². The van der Waals surface area contributed by atoms with Gasteiger partial charge in [-0.1, -0.05) is 37.3 Å². The molecule has 0 saturated heterocycles. The summed E-state index contributed by atoms with van der Waals surface area (Å²) < 4.78 is 0. The molecule has 0 aliphatic carbocycles. The highest BCUT2D eigenvalue weighted by atomic mass is 16.7. The highest BCUT2D eigenvalue weighted by molar-refractivity contribution is 6.11. The summed E-state index contributed by atoms with van der Waals surface area (Å²) in [5.74, 6) is -0.332. The molecule has 3 aromatic carbocycles. The standard InChI is InChI=1S/C21H18N2O4/c1-3-21(24)27-22-14(2)17-12-13-18(20-7-5-4-6-19(17)20)15-8-10-16(11-9-15)23(25)26/h4-13H,3H2,1-2H3/p+1. The van der Waals surface area contributed by atoms with E-state index < -0.39 is 4.92 Å². The van der Waals surface area contributed by atoms with Gasteiger partial charge < -0.3 is 0 Å². The molecule has 6 nitrogen and oxygen atoms in total. The molecule has 0 radical (unpaired) electrons. The third kappa shape index (κ3) is 3.84. The number of nitro groups is 1. The second-order valence-corrected chi connectivity index (χ2v) is 6.06. The number of rotatable bonds is 5. The van der Waals surface area contributed by atoms with E-state index in [9.17, 15) is 14.9 Å². The van der Waals surface area contributed by atoms with Gasteiger partial charge in [-0.3, -0.25) is 10.1 Å². The van der Waals surface area contributed by atoms with Gasteiger partial charge in [0.1, 0.15) is 0 Å². The SMILES string of the molecule is CCC(=O)O[NH+]=C(C)c1ccc(-c2ccc([N+](=O)[O-])cc2)c2ccccc12. The molecule has 0 aliphatic heterocycles.